The van der Waals surface area contributed by atoms with Gasteiger partial charge in [-0.1, -0.05) is 30.3 Å². The normalized spacial score (nSPS) is 27.6. The van der Waals surface area contributed by atoms with Crippen LogP contribution >= 0.6 is 12.4 Å². The molecule has 1 unspecified atom stereocenters. The summed E-state index contributed by atoms with van der Waals surface area (Å²) in [7, 11) is 0. The quantitative estimate of drug-likeness (QED) is 0.845. The number of nitrogens with two attached hydrogens (primary N) is 1. The average Bonchev–Trinajstić information content (AvgIpc) is 3.47. The zero-order chi connectivity index (χ0) is 16.7. The molecule has 1 aromatic carbocycles. The summed E-state index contributed by atoms with van der Waals surface area (Å²) >= 11 is 0. The summed E-state index contributed by atoms with van der Waals surface area (Å²) in [5.74, 6) is 1.40. The first-order valence-corrected chi connectivity index (χ1v) is 9.47. The molecule has 0 bridgehead atoms. The molecule has 2 N–H and O–H groups in total. The maximum Gasteiger partial charge on any atom is 0.237 e. The topological polar surface area (TPSA) is 49.6 Å². The molecular weight excluding hydrogens is 334 g/mol. The molecule has 0 radical (unpaired) electrons. The van der Waals surface area contributed by atoms with Crippen molar-refractivity contribution in [1.29, 1.82) is 0 Å². The van der Waals surface area contributed by atoms with Gasteiger partial charge in [-0.25, -0.2) is 0 Å². The van der Waals surface area contributed by atoms with E-state index in [0.717, 1.165) is 19.0 Å². The van der Waals surface area contributed by atoms with Crippen LogP contribution in [0, 0.1) is 5.92 Å². The lowest BCUT2D eigenvalue weighted by Crippen LogP contribution is -2.46. The van der Waals surface area contributed by atoms with E-state index in [0.29, 0.717) is 30.5 Å². The number of halogens is 1. The molecule has 3 fully saturated rings. The maximum atomic E-state index is 12.9. The van der Waals surface area contributed by atoms with E-state index < -0.39 is 0 Å². The number of carbonyl (C=O) groups excluding carboxylic acids is 1. The fraction of sp³-hybridized carbons (Fsp3) is 0.650. The van der Waals surface area contributed by atoms with E-state index in [1.54, 1.807) is 0 Å². The van der Waals surface area contributed by atoms with Crippen LogP contribution in [-0.4, -0.2) is 53.5 Å². The zero-order valence-corrected chi connectivity index (χ0v) is 15.8. The Hall–Kier alpha value is -1.10. The highest BCUT2D eigenvalue weighted by atomic mass is 35.5. The van der Waals surface area contributed by atoms with Gasteiger partial charge in [0.05, 0.1) is 6.54 Å². The third kappa shape index (κ3) is 4.18. The number of benzene rings is 1. The van der Waals surface area contributed by atoms with Crippen molar-refractivity contribution in [2.45, 2.75) is 56.7 Å². The van der Waals surface area contributed by atoms with E-state index in [1.165, 1.54) is 31.2 Å². The van der Waals surface area contributed by atoms with Gasteiger partial charge in [-0.05, 0) is 44.1 Å². The van der Waals surface area contributed by atoms with Gasteiger partial charge in [-0.3, -0.25) is 9.69 Å². The van der Waals surface area contributed by atoms with E-state index in [2.05, 4.69) is 41.0 Å². The summed E-state index contributed by atoms with van der Waals surface area (Å²) < 4.78 is 0. The number of hydrogen-bond acceptors (Lipinski definition) is 3. The number of carbonyl (C=O) groups is 1. The van der Waals surface area contributed by atoms with E-state index >= 15 is 0 Å². The Morgan fingerprint density at radius 2 is 1.88 bits per heavy atom. The zero-order valence-electron chi connectivity index (χ0n) is 15.0. The summed E-state index contributed by atoms with van der Waals surface area (Å²) in [6.45, 7) is 4.50. The van der Waals surface area contributed by atoms with Crippen molar-refractivity contribution in [1.82, 2.24) is 9.80 Å². The minimum absolute atomic E-state index is 0. The molecule has 138 valence electrons. The molecule has 2 aliphatic carbocycles. The van der Waals surface area contributed by atoms with E-state index in [9.17, 15) is 4.79 Å². The van der Waals surface area contributed by atoms with Crippen molar-refractivity contribution in [3.8, 4) is 0 Å². The minimum Gasteiger partial charge on any atom is -0.336 e. The molecule has 25 heavy (non-hydrogen) atoms. The van der Waals surface area contributed by atoms with Gasteiger partial charge in [-0.2, -0.15) is 0 Å². The minimum atomic E-state index is 0. The van der Waals surface area contributed by atoms with Crippen molar-refractivity contribution in [2.75, 3.05) is 19.6 Å². The lowest BCUT2D eigenvalue weighted by Gasteiger charge is -2.31. The Kier molecular flexibility index (Phi) is 5.71. The number of amides is 1. The van der Waals surface area contributed by atoms with Gasteiger partial charge in [0.15, 0.2) is 0 Å². The monoisotopic (exact) mass is 363 g/mol. The molecule has 4 nitrogen and oxygen atoms in total. The van der Waals surface area contributed by atoms with Crippen LogP contribution in [0.2, 0.25) is 0 Å². The van der Waals surface area contributed by atoms with Crippen LogP contribution < -0.4 is 5.73 Å². The smallest absolute Gasteiger partial charge is 0.237 e. The number of rotatable bonds is 6. The third-order valence-corrected chi connectivity index (χ3v) is 6.00. The first-order valence-electron chi connectivity index (χ1n) is 9.47. The molecule has 1 heterocycles. The predicted octanol–water partition coefficient (Wildman–Crippen LogP) is 2.62. The highest BCUT2D eigenvalue weighted by molar-refractivity contribution is 5.85. The Morgan fingerprint density at radius 1 is 1.20 bits per heavy atom. The van der Waals surface area contributed by atoms with Crippen LogP contribution in [0.25, 0.3) is 0 Å². The van der Waals surface area contributed by atoms with Crippen LogP contribution in [0.1, 0.15) is 44.1 Å². The van der Waals surface area contributed by atoms with Crippen LogP contribution in [-0.2, 0) is 4.79 Å². The molecule has 5 heteroatoms. The molecule has 1 amide bonds. The summed E-state index contributed by atoms with van der Waals surface area (Å²) in [6, 6.07) is 11.5. The molecule has 2 saturated carbocycles. The molecule has 0 spiro atoms. The second kappa shape index (κ2) is 7.65. The summed E-state index contributed by atoms with van der Waals surface area (Å²) in [4.78, 5) is 17.4. The number of nitrogens with zero attached hydrogens (tertiary/aromatic N) is 2. The van der Waals surface area contributed by atoms with Gasteiger partial charge in [0.25, 0.3) is 0 Å². The Morgan fingerprint density at radius 3 is 2.48 bits per heavy atom. The third-order valence-electron chi connectivity index (χ3n) is 6.00. The van der Waals surface area contributed by atoms with Gasteiger partial charge in [0.2, 0.25) is 5.91 Å². The standard InChI is InChI=1S/C20H29N3O.ClH/c1-14(15-7-8-15)23(17-9-10-17)20(24)13-22-11-18(19(21)12-22)16-5-3-2-4-6-16;/h2-6,14-15,17-19H,7-13,21H2,1H3;1H/t14?,18-,19+;/m0./s1. The second-order valence-electron chi connectivity index (χ2n) is 7.99. The summed E-state index contributed by atoms with van der Waals surface area (Å²) in [6.07, 6.45) is 4.97. The number of hydrogen-bond donors (Lipinski definition) is 1. The van der Waals surface area contributed by atoms with E-state index in [-0.39, 0.29) is 18.4 Å². The van der Waals surface area contributed by atoms with Gasteiger partial charge >= 0.3 is 0 Å². The lowest BCUT2D eigenvalue weighted by molar-refractivity contribution is -0.135. The molecule has 1 aromatic rings. The number of likely N-dealkylation sites (tertiary alicyclic amines) is 1. The second-order valence-corrected chi connectivity index (χ2v) is 7.99. The Labute approximate surface area is 157 Å². The molecular formula is C20H30ClN3O. The van der Waals surface area contributed by atoms with Crippen LogP contribution in [0.15, 0.2) is 30.3 Å². The molecule has 3 atom stereocenters. The van der Waals surface area contributed by atoms with Gasteiger partial charge in [0, 0.05) is 37.1 Å². The SMILES string of the molecule is CC(C1CC1)N(C(=O)CN1C[C@@H](N)[C@H](c2ccccc2)C1)C1CC1.Cl. The van der Waals surface area contributed by atoms with Crippen molar-refractivity contribution in [3.05, 3.63) is 35.9 Å². The van der Waals surface area contributed by atoms with Gasteiger partial charge in [0.1, 0.15) is 0 Å². The largest absolute Gasteiger partial charge is 0.336 e. The van der Waals surface area contributed by atoms with Crippen molar-refractivity contribution in [3.63, 3.8) is 0 Å². The average molecular weight is 364 g/mol. The van der Waals surface area contributed by atoms with E-state index in [1.807, 2.05) is 6.07 Å². The molecule has 1 aliphatic heterocycles. The summed E-state index contributed by atoms with van der Waals surface area (Å²) in [5.41, 5.74) is 7.67. The van der Waals surface area contributed by atoms with Crippen LogP contribution in [0.3, 0.4) is 0 Å². The Bertz CT molecular complexity index is 588. The predicted molar refractivity (Wildman–Crippen MR) is 103 cm³/mol. The van der Waals surface area contributed by atoms with Crippen molar-refractivity contribution >= 4 is 18.3 Å². The Balaban J connectivity index is 0.00000182. The van der Waals surface area contributed by atoms with Gasteiger partial charge < -0.3 is 10.6 Å². The highest BCUT2D eigenvalue weighted by Gasteiger charge is 2.42. The van der Waals surface area contributed by atoms with Crippen molar-refractivity contribution < 1.29 is 4.79 Å². The van der Waals surface area contributed by atoms with Crippen LogP contribution in [0.4, 0.5) is 0 Å². The summed E-state index contributed by atoms with van der Waals surface area (Å²) in [5, 5.41) is 0. The molecule has 0 aromatic heterocycles. The highest BCUT2D eigenvalue weighted by Crippen LogP contribution is 2.40. The first kappa shape index (κ1) is 18.7. The fourth-order valence-corrected chi connectivity index (χ4v) is 4.29. The maximum absolute atomic E-state index is 12.9. The molecule has 3 aliphatic rings. The van der Waals surface area contributed by atoms with Crippen molar-refractivity contribution in [2.24, 2.45) is 11.7 Å². The molecule has 1 saturated heterocycles. The van der Waals surface area contributed by atoms with E-state index in [4.69, 9.17) is 5.73 Å². The lowest BCUT2D eigenvalue weighted by atomic mass is 9.95. The van der Waals surface area contributed by atoms with Crippen LogP contribution in [0.5, 0.6) is 0 Å². The van der Waals surface area contributed by atoms with Gasteiger partial charge in [-0.15, -0.1) is 12.4 Å². The molecule has 4 rings (SSSR count). The fourth-order valence-electron chi connectivity index (χ4n) is 4.29. The first-order chi connectivity index (χ1) is 11.6.